The zero-order valence-corrected chi connectivity index (χ0v) is 52.0. The number of hydrogen-bond donors (Lipinski definition) is 3. The number of esters is 1. The lowest BCUT2D eigenvalue weighted by atomic mass is 10.0. The lowest BCUT2D eigenvalue weighted by molar-refractivity contribution is -0.143. The van der Waals surface area contributed by atoms with Crippen LogP contribution in [0.2, 0.25) is 0 Å². The molecule has 3 N–H and O–H groups in total. The number of hydrogen-bond acceptors (Lipinski definition) is 5. The monoisotopic (exact) mass is 1080 g/mol. The molecule has 0 aliphatic carbocycles. The molecule has 0 radical (unpaired) electrons. The SMILES string of the molecule is CCCCCCCCCCCCCCCCCCCCCCCCC/C=C/C(O)C(CO)NC(=O)CCCCCCCCCCCCCCCC/C=C\C/C=C\CCOC(=O)CCCCCCCCCCCCCCCC. The fourth-order valence-electron chi connectivity index (χ4n) is 10.9. The largest absolute Gasteiger partial charge is 0.465 e. The fraction of sp³-hybridized carbons (Fsp3) is 0.887. The predicted octanol–water partition coefficient (Wildman–Crippen LogP) is 22.3. The van der Waals surface area contributed by atoms with Gasteiger partial charge >= 0.3 is 5.97 Å². The van der Waals surface area contributed by atoms with Gasteiger partial charge in [0.2, 0.25) is 5.91 Å². The molecule has 6 nitrogen and oxygen atoms in total. The molecule has 0 heterocycles. The number of amides is 1. The number of rotatable bonds is 65. The van der Waals surface area contributed by atoms with E-state index < -0.39 is 12.1 Å². The molecule has 0 aromatic rings. The van der Waals surface area contributed by atoms with Crippen molar-refractivity contribution in [2.45, 2.75) is 392 Å². The van der Waals surface area contributed by atoms with Crippen molar-refractivity contribution in [3.8, 4) is 0 Å². The van der Waals surface area contributed by atoms with E-state index in [1.807, 2.05) is 6.08 Å². The number of aliphatic hydroxyl groups is 2. The van der Waals surface area contributed by atoms with Crippen LogP contribution < -0.4 is 5.32 Å². The van der Waals surface area contributed by atoms with Crippen LogP contribution in [-0.4, -0.2) is 47.4 Å². The van der Waals surface area contributed by atoms with Gasteiger partial charge < -0.3 is 20.3 Å². The first-order valence-electron chi connectivity index (χ1n) is 34.8. The number of aliphatic hydroxyl groups excluding tert-OH is 2. The number of carbonyl (C=O) groups excluding carboxylic acids is 2. The summed E-state index contributed by atoms with van der Waals surface area (Å²) in [6.45, 7) is 4.83. The van der Waals surface area contributed by atoms with Crippen LogP contribution in [0.1, 0.15) is 380 Å². The van der Waals surface area contributed by atoms with E-state index in [4.69, 9.17) is 4.74 Å². The second-order valence-electron chi connectivity index (χ2n) is 23.9. The van der Waals surface area contributed by atoms with Crippen LogP contribution in [0.25, 0.3) is 0 Å². The molecule has 0 bridgehead atoms. The molecule has 0 saturated heterocycles. The highest BCUT2D eigenvalue weighted by Gasteiger charge is 2.18. The molecule has 0 aromatic carbocycles. The van der Waals surface area contributed by atoms with Gasteiger partial charge in [-0.3, -0.25) is 9.59 Å². The van der Waals surface area contributed by atoms with E-state index in [0.29, 0.717) is 19.4 Å². The van der Waals surface area contributed by atoms with Crippen LogP contribution in [0, 0.1) is 0 Å². The van der Waals surface area contributed by atoms with Crippen LogP contribution >= 0.6 is 0 Å². The lowest BCUT2D eigenvalue weighted by Crippen LogP contribution is -2.45. The topological polar surface area (TPSA) is 95.9 Å². The van der Waals surface area contributed by atoms with Crippen LogP contribution in [-0.2, 0) is 14.3 Å². The van der Waals surface area contributed by atoms with Gasteiger partial charge in [-0.25, -0.2) is 0 Å². The first-order chi connectivity index (χ1) is 38.0. The zero-order chi connectivity index (χ0) is 55.7. The predicted molar refractivity (Wildman–Crippen MR) is 338 cm³/mol. The molecule has 2 atom stereocenters. The van der Waals surface area contributed by atoms with Crippen molar-refractivity contribution in [2.24, 2.45) is 0 Å². The molecule has 0 aliphatic rings. The molecule has 77 heavy (non-hydrogen) atoms. The van der Waals surface area contributed by atoms with Gasteiger partial charge in [-0.1, -0.05) is 352 Å². The zero-order valence-electron chi connectivity index (χ0n) is 52.0. The minimum absolute atomic E-state index is 0.0330. The standard InChI is InChI=1S/C71H135NO5/c1-3-5-7-9-11-13-15-17-19-20-21-22-23-24-25-27-30-33-36-39-43-47-51-55-59-63-69(74)68(67-73)72-70(75)64-60-56-52-48-44-40-37-34-31-28-26-29-32-35-38-42-46-50-54-58-62-66-77-71(76)65-61-57-53-49-45-41-18-16-14-12-10-8-6-4-2/h42,46,54,58-59,63,68-69,73-74H,3-41,43-45,47-53,55-57,60-62,64-67H2,1-2H3,(H,72,75)/b46-42-,58-54-,63-59+. The van der Waals surface area contributed by atoms with Gasteiger partial charge in [-0.2, -0.15) is 0 Å². The number of allylic oxidation sites excluding steroid dienone is 4. The Labute approximate surface area is 481 Å². The summed E-state index contributed by atoms with van der Waals surface area (Å²) >= 11 is 0. The van der Waals surface area contributed by atoms with Crippen LogP contribution in [0.3, 0.4) is 0 Å². The van der Waals surface area contributed by atoms with Gasteiger partial charge in [0.15, 0.2) is 0 Å². The molecule has 0 fully saturated rings. The first-order valence-corrected chi connectivity index (χ1v) is 34.8. The summed E-state index contributed by atoms with van der Waals surface area (Å²) in [7, 11) is 0. The molecule has 1 amide bonds. The van der Waals surface area contributed by atoms with Crippen LogP contribution in [0.5, 0.6) is 0 Å². The third kappa shape index (κ3) is 63.1. The fourth-order valence-corrected chi connectivity index (χ4v) is 10.9. The van der Waals surface area contributed by atoms with Gasteiger partial charge in [0.25, 0.3) is 0 Å². The number of unbranched alkanes of at least 4 members (excludes halogenated alkanes) is 50. The Balaban J connectivity index is 3.47. The van der Waals surface area contributed by atoms with Crippen molar-refractivity contribution in [1.29, 1.82) is 0 Å². The van der Waals surface area contributed by atoms with Gasteiger partial charge in [0, 0.05) is 12.8 Å². The maximum absolute atomic E-state index is 12.5. The normalized spacial score (nSPS) is 12.7. The molecule has 0 aliphatic heterocycles. The van der Waals surface area contributed by atoms with Crippen molar-refractivity contribution in [1.82, 2.24) is 5.32 Å². The average molecular weight is 1080 g/mol. The van der Waals surface area contributed by atoms with Crippen LogP contribution in [0.15, 0.2) is 36.5 Å². The molecule has 0 aromatic heterocycles. The minimum atomic E-state index is -0.850. The van der Waals surface area contributed by atoms with Gasteiger partial charge in [-0.05, 0) is 51.4 Å². The van der Waals surface area contributed by atoms with Crippen molar-refractivity contribution < 1.29 is 24.5 Å². The van der Waals surface area contributed by atoms with Crippen molar-refractivity contribution >= 4 is 11.9 Å². The highest BCUT2D eigenvalue weighted by molar-refractivity contribution is 5.76. The van der Waals surface area contributed by atoms with E-state index in [9.17, 15) is 19.8 Å². The van der Waals surface area contributed by atoms with Gasteiger partial charge in [0.05, 0.1) is 25.4 Å². The van der Waals surface area contributed by atoms with E-state index in [1.54, 1.807) is 6.08 Å². The Morgan fingerprint density at radius 1 is 0.364 bits per heavy atom. The molecule has 454 valence electrons. The Bertz CT molecular complexity index is 1250. The number of carbonyl (C=O) groups is 2. The molecular formula is C71H135NO5. The van der Waals surface area contributed by atoms with E-state index in [0.717, 1.165) is 51.4 Å². The second kappa shape index (κ2) is 66.6. The number of ether oxygens (including phenoxy) is 1. The van der Waals surface area contributed by atoms with Crippen molar-refractivity contribution in [3.05, 3.63) is 36.5 Å². The highest BCUT2D eigenvalue weighted by Crippen LogP contribution is 2.19. The highest BCUT2D eigenvalue weighted by atomic mass is 16.5. The van der Waals surface area contributed by atoms with Crippen molar-refractivity contribution in [3.63, 3.8) is 0 Å². The molecular weight excluding hydrogens is 947 g/mol. The second-order valence-corrected chi connectivity index (χ2v) is 23.9. The van der Waals surface area contributed by atoms with Gasteiger partial charge in [-0.15, -0.1) is 0 Å². The summed E-state index contributed by atoms with van der Waals surface area (Å²) < 4.78 is 5.42. The van der Waals surface area contributed by atoms with E-state index >= 15 is 0 Å². The maximum Gasteiger partial charge on any atom is 0.305 e. The Hall–Kier alpha value is -1.92. The molecule has 0 saturated carbocycles. The van der Waals surface area contributed by atoms with E-state index in [1.165, 1.54) is 302 Å². The summed E-state index contributed by atoms with van der Waals surface area (Å²) in [5, 5.41) is 23.3. The quantitative estimate of drug-likeness (QED) is 0.0320. The summed E-state index contributed by atoms with van der Waals surface area (Å²) in [6, 6.07) is -0.634. The molecule has 0 spiro atoms. The summed E-state index contributed by atoms with van der Waals surface area (Å²) in [5.74, 6) is -0.102. The first kappa shape index (κ1) is 75.1. The smallest absolute Gasteiger partial charge is 0.305 e. The van der Waals surface area contributed by atoms with E-state index in [2.05, 4.69) is 43.5 Å². The summed E-state index contributed by atoms with van der Waals surface area (Å²) in [5.41, 5.74) is 0. The lowest BCUT2D eigenvalue weighted by Gasteiger charge is -2.20. The Morgan fingerprint density at radius 3 is 0.987 bits per heavy atom. The third-order valence-corrected chi connectivity index (χ3v) is 16.2. The number of nitrogens with one attached hydrogen (secondary N) is 1. The Morgan fingerprint density at radius 2 is 0.649 bits per heavy atom. The van der Waals surface area contributed by atoms with E-state index in [-0.39, 0.29) is 18.5 Å². The third-order valence-electron chi connectivity index (χ3n) is 16.2. The molecule has 2 unspecified atom stereocenters. The maximum atomic E-state index is 12.5. The molecule has 6 heteroatoms. The Kier molecular flexibility index (Phi) is 64.9. The minimum Gasteiger partial charge on any atom is -0.465 e. The summed E-state index contributed by atoms with van der Waals surface area (Å²) in [6.07, 6.45) is 85.2. The van der Waals surface area contributed by atoms with Gasteiger partial charge in [0.1, 0.15) is 0 Å². The van der Waals surface area contributed by atoms with Crippen molar-refractivity contribution in [2.75, 3.05) is 13.2 Å². The summed E-state index contributed by atoms with van der Waals surface area (Å²) in [4.78, 5) is 24.6. The molecule has 0 rings (SSSR count). The van der Waals surface area contributed by atoms with Crippen LogP contribution in [0.4, 0.5) is 0 Å². The average Bonchev–Trinajstić information content (AvgIpc) is 3.43.